The molecule has 96 valence electrons. The predicted molar refractivity (Wildman–Crippen MR) is 67.9 cm³/mol. The lowest BCUT2D eigenvalue weighted by molar-refractivity contribution is -0.130. The van der Waals surface area contributed by atoms with Gasteiger partial charge in [-0.3, -0.25) is 0 Å². The van der Waals surface area contributed by atoms with Gasteiger partial charge in [0.05, 0.1) is 13.7 Å². The van der Waals surface area contributed by atoms with Gasteiger partial charge in [0, 0.05) is 11.5 Å². The highest BCUT2D eigenvalue weighted by molar-refractivity contribution is 5.87. The molecule has 18 heavy (non-hydrogen) atoms. The van der Waals surface area contributed by atoms with Gasteiger partial charge in [-0.05, 0) is 24.6 Å². The van der Waals surface area contributed by atoms with Crippen LogP contribution >= 0.6 is 0 Å². The summed E-state index contributed by atoms with van der Waals surface area (Å²) in [6.45, 7) is 2.68. The van der Waals surface area contributed by atoms with Crippen molar-refractivity contribution in [1.29, 1.82) is 0 Å². The van der Waals surface area contributed by atoms with Gasteiger partial charge in [-0.2, -0.15) is 0 Å². The Morgan fingerprint density at radius 3 is 2.78 bits per heavy atom. The van der Waals surface area contributed by atoms with Gasteiger partial charge in [-0.25, -0.2) is 4.79 Å². The summed E-state index contributed by atoms with van der Waals surface area (Å²) in [5, 5.41) is 8.49. The molecule has 0 saturated carbocycles. The van der Waals surface area contributed by atoms with Crippen LogP contribution < -0.4 is 9.47 Å². The Hall–Kier alpha value is -2.15. The first-order valence-electron chi connectivity index (χ1n) is 5.73. The molecule has 0 heterocycles. The Morgan fingerprint density at radius 1 is 1.39 bits per heavy atom. The molecule has 0 aliphatic heterocycles. The number of carbonyl (C=O) groups is 1. The molecule has 1 rings (SSSR count). The van der Waals surface area contributed by atoms with Crippen molar-refractivity contribution in [3.8, 4) is 23.3 Å². The van der Waals surface area contributed by atoms with E-state index in [1.165, 1.54) is 0 Å². The summed E-state index contributed by atoms with van der Waals surface area (Å²) in [5.41, 5.74) is 0.588. The fourth-order valence-corrected chi connectivity index (χ4v) is 1.32. The minimum atomic E-state index is -1.15. The number of rotatable bonds is 5. The first kappa shape index (κ1) is 13.9. The minimum absolute atomic E-state index is 0.586. The van der Waals surface area contributed by atoms with Crippen molar-refractivity contribution in [1.82, 2.24) is 0 Å². The number of carboxylic acids is 1. The van der Waals surface area contributed by atoms with Crippen molar-refractivity contribution >= 4 is 5.97 Å². The van der Waals surface area contributed by atoms with Gasteiger partial charge < -0.3 is 14.6 Å². The molecule has 1 aromatic carbocycles. The van der Waals surface area contributed by atoms with Crippen LogP contribution in [-0.4, -0.2) is 24.8 Å². The highest BCUT2D eigenvalue weighted by Crippen LogP contribution is 2.27. The molecule has 4 nitrogen and oxygen atoms in total. The lowest BCUT2D eigenvalue weighted by atomic mass is 10.2. The molecule has 0 fully saturated rings. The van der Waals surface area contributed by atoms with Gasteiger partial charge in [0.25, 0.3) is 0 Å². The van der Waals surface area contributed by atoms with Crippen molar-refractivity contribution in [2.75, 3.05) is 13.7 Å². The molecule has 0 saturated heterocycles. The molecule has 0 spiro atoms. The van der Waals surface area contributed by atoms with Crippen molar-refractivity contribution in [2.24, 2.45) is 0 Å². The summed E-state index contributed by atoms with van der Waals surface area (Å²) in [5.74, 6) is 4.66. The van der Waals surface area contributed by atoms with Gasteiger partial charge in [0.1, 0.15) is 0 Å². The minimum Gasteiger partial charge on any atom is -0.493 e. The van der Waals surface area contributed by atoms with Crippen LogP contribution in [-0.2, 0) is 4.79 Å². The number of unbranched alkanes of at least 4 members (excludes halogenated alkanes) is 1. The molecule has 0 atom stereocenters. The Morgan fingerprint density at radius 2 is 2.17 bits per heavy atom. The quantitative estimate of drug-likeness (QED) is 0.641. The van der Waals surface area contributed by atoms with E-state index in [1.807, 2.05) is 0 Å². The number of hydrogen-bond donors (Lipinski definition) is 1. The highest BCUT2D eigenvalue weighted by atomic mass is 16.5. The molecule has 0 amide bonds. The second-order valence-corrected chi connectivity index (χ2v) is 3.62. The second kappa shape index (κ2) is 7.23. The van der Waals surface area contributed by atoms with E-state index in [-0.39, 0.29) is 0 Å². The van der Waals surface area contributed by atoms with E-state index < -0.39 is 5.97 Å². The van der Waals surface area contributed by atoms with Gasteiger partial charge in [0.2, 0.25) is 0 Å². The summed E-state index contributed by atoms with van der Waals surface area (Å²) >= 11 is 0. The number of hydrogen-bond acceptors (Lipinski definition) is 3. The van der Waals surface area contributed by atoms with E-state index in [4.69, 9.17) is 14.6 Å². The number of methoxy groups -OCH3 is 1. The van der Waals surface area contributed by atoms with Crippen LogP contribution in [0.15, 0.2) is 18.2 Å². The molecule has 0 unspecified atom stereocenters. The van der Waals surface area contributed by atoms with Crippen LogP contribution in [0.3, 0.4) is 0 Å². The van der Waals surface area contributed by atoms with Gasteiger partial charge in [0.15, 0.2) is 11.5 Å². The zero-order chi connectivity index (χ0) is 13.4. The van der Waals surface area contributed by atoms with Gasteiger partial charge >= 0.3 is 5.97 Å². The summed E-state index contributed by atoms with van der Waals surface area (Å²) in [6, 6.07) is 5.10. The SMILES string of the molecule is CCCCOc1cc(C#CC(=O)O)ccc1OC. The predicted octanol–water partition coefficient (Wildman–Crippen LogP) is 2.31. The fourth-order valence-electron chi connectivity index (χ4n) is 1.32. The third-order valence-electron chi connectivity index (χ3n) is 2.23. The molecular weight excluding hydrogens is 232 g/mol. The van der Waals surface area contributed by atoms with E-state index in [1.54, 1.807) is 25.3 Å². The Balaban J connectivity index is 2.88. The molecule has 0 aliphatic carbocycles. The Bertz CT molecular complexity index is 468. The van der Waals surface area contributed by atoms with E-state index in [0.29, 0.717) is 23.7 Å². The zero-order valence-electron chi connectivity index (χ0n) is 10.5. The van der Waals surface area contributed by atoms with E-state index in [9.17, 15) is 4.79 Å². The molecule has 1 aromatic rings. The van der Waals surface area contributed by atoms with E-state index in [2.05, 4.69) is 18.8 Å². The largest absolute Gasteiger partial charge is 0.493 e. The van der Waals surface area contributed by atoms with Crippen molar-refractivity contribution in [2.45, 2.75) is 19.8 Å². The van der Waals surface area contributed by atoms with Crippen LogP contribution in [0.1, 0.15) is 25.3 Å². The maximum absolute atomic E-state index is 10.4. The lowest BCUT2D eigenvalue weighted by Gasteiger charge is -2.10. The summed E-state index contributed by atoms with van der Waals surface area (Å²) in [6.07, 6.45) is 2.00. The van der Waals surface area contributed by atoms with Crippen LogP contribution in [0.4, 0.5) is 0 Å². The maximum Gasteiger partial charge on any atom is 0.382 e. The second-order valence-electron chi connectivity index (χ2n) is 3.62. The summed E-state index contributed by atoms with van der Waals surface area (Å²) in [7, 11) is 1.56. The van der Waals surface area contributed by atoms with Gasteiger partial charge in [-0.1, -0.05) is 19.3 Å². The molecule has 1 N–H and O–H groups in total. The third-order valence-corrected chi connectivity index (χ3v) is 2.23. The lowest BCUT2D eigenvalue weighted by Crippen LogP contribution is -1.99. The molecule has 0 aliphatic rings. The Labute approximate surface area is 107 Å². The standard InChI is InChI=1S/C14H16O4/c1-3-4-9-18-13-10-11(6-8-14(15)16)5-7-12(13)17-2/h5,7,10H,3-4,9H2,1-2H3,(H,15,16). The smallest absolute Gasteiger partial charge is 0.382 e. The molecular formula is C14H16O4. The first-order valence-corrected chi connectivity index (χ1v) is 5.73. The monoisotopic (exact) mass is 248 g/mol. The van der Waals surface area contributed by atoms with Crippen molar-refractivity contribution in [3.63, 3.8) is 0 Å². The van der Waals surface area contributed by atoms with Crippen LogP contribution in [0, 0.1) is 11.8 Å². The maximum atomic E-state index is 10.4. The van der Waals surface area contributed by atoms with Crippen molar-refractivity contribution in [3.05, 3.63) is 23.8 Å². The first-order chi connectivity index (χ1) is 8.67. The van der Waals surface area contributed by atoms with Gasteiger partial charge in [-0.15, -0.1) is 0 Å². The molecule has 4 heteroatoms. The molecule has 0 radical (unpaired) electrons. The number of carboxylic acid groups (broad SMARTS) is 1. The normalized spacial score (nSPS) is 9.22. The van der Waals surface area contributed by atoms with Crippen LogP contribution in [0.25, 0.3) is 0 Å². The van der Waals surface area contributed by atoms with Crippen molar-refractivity contribution < 1.29 is 19.4 Å². The van der Waals surface area contributed by atoms with E-state index in [0.717, 1.165) is 12.8 Å². The number of benzene rings is 1. The number of aliphatic carboxylic acids is 1. The van der Waals surface area contributed by atoms with Crippen LogP contribution in [0.5, 0.6) is 11.5 Å². The third kappa shape index (κ3) is 4.38. The van der Waals surface area contributed by atoms with E-state index >= 15 is 0 Å². The average molecular weight is 248 g/mol. The molecule has 0 bridgehead atoms. The summed E-state index contributed by atoms with van der Waals surface area (Å²) in [4.78, 5) is 10.4. The summed E-state index contributed by atoms with van der Waals surface area (Å²) < 4.78 is 10.7. The molecule has 0 aromatic heterocycles. The Kier molecular flexibility index (Phi) is 5.59. The van der Waals surface area contributed by atoms with Crippen LogP contribution in [0.2, 0.25) is 0 Å². The number of ether oxygens (including phenoxy) is 2. The zero-order valence-corrected chi connectivity index (χ0v) is 10.5. The fraction of sp³-hybridized carbons (Fsp3) is 0.357. The average Bonchev–Trinajstić information content (AvgIpc) is 2.37. The highest BCUT2D eigenvalue weighted by Gasteiger charge is 2.04. The topological polar surface area (TPSA) is 55.8 Å².